The summed E-state index contributed by atoms with van der Waals surface area (Å²) in [6, 6.07) is 1.69. The molecule has 2 saturated heterocycles. The number of fused-ring (bicyclic) bond motifs is 2. The number of rotatable bonds is 1. The number of nitrogens with two attached hydrogens (primary N) is 1. The molecule has 4 rings (SSSR count). The summed E-state index contributed by atoms with van der Waals surface area (Å²) in [5.41, 5.74) is 6.88. The fourth-order valence-electron chi connectivity index (χ4n) is 3.86. The molecule has 0 aromatic carbocycles. The van der Waals surface area contributed by atoms with Gasteiger partial charge in [-0.25, -0.2) is 0 Å². The summed E-state index contributed by atoms with van der Waals surface area (Å²) in [7, 11) is 0. The number of hydrogen-bond acceptors (Lipinski definition) is 6. The molecule has 0 radical (unpaired) electrons. The van der Waals surface area contributed by atoms with Gasteiger partial charge in [0, 0.05) is 24.0 Å². The van der Waals surface area contributed by atoms with Gasteiger partial charge in [0.25, 0.3) is 5.91 Å². The average Bonchev–Trinajstić information content (AvgIpc) is 3.13. The Labute approximate surface area is 139 Å². The highest BCUT2D eigenvalue weighted by Crippen LogP contribution is 2.44. The molecule has 0 saturated carbocycles. The maximum absolute atomic E-state index is 12.7. The number of carbonyl (C=O) groups is 1. The molecule has 0 bridgehead atoms. The van der Waals surface area contributed by atoms with Gasteiger partial charge in [-0.3, -0.25) is 4.79 Å². The number of hydrogen-bond donors (Lipinski definition) is 3. The number of ether oxygens (including phenoxy) is 1. The number of nitrogens with zero attached hydrogens (tertiary/aromatic N) is 1. The summed E-state index contributed by atoms with van der Waals surface area (Å²) in [5, 5.41) is 13.2. The van der Waals surface area contributed by atoms with E-state index in [-0.39, 0.29) is 17.6 Å². The predicted molar refractivity (Wildman–Crippen MR) is 87.6 cm³/mol. The van der Waals surface area contributed by atoms with Crippen molar-refractivity contribution in [1.29, 1.82) is 0 Å². The van der Waals surface area contributed by atoms with Crippen molar-refractivity contribution in [3.8, 4) is 0 Å². The van der Waals surface area contributed by atoms with E-state index in [4.69, 9.17) is 10.5 Å². The van der Waals surface area contributed by atoms with Crippen molar-refractivity contribution in [2.45, 2.75) is 37.0 Å². The zero-order valence-electron chi connectivity index (χ0n) is 13.1. The number of aliphatic hydroxyl groups excluding tert-OH is 1. The number of β-amino-alcohol motifs (C(OH)–C–C–N with tert-alkyl or cyclic N) is 1. The first-order valence-electron chi connectivity index (χ1n) is 8.30. The Kier molecular flexibility index (Phi) is 3.93. The van der Waals surface area contributed by atoms with Crippen LogP contribution >= 0.6 is 11.3 Å². The van der Waals surface area contributed by atoms with Crippen LogP contribution < -0.4 is 11.1 Å². The minimum absolute atomic E-state index is 0.0134. The van der Waals surface area contributed by atoms with Gasteiger partial charge < -0.3 is 25.8 Å². The summed E-state index contributed by atoms with van der Waals surface area (Å²) in [4.78, 5) is 16.4. The van der Waals surface area contributed by atoms with Gasteiger partial charge in [0.2, 0.25) is 0 Å². The molecule has 126 valence electrons. The van der Waals surface area contributed by atoms with Crippen LogP contribution in [-0.2, 0) is 16.8 Å². The molecule has 0 aliphatic carbocycles. The second-order valence-corrected chi connectivity index (χ2v) is 7.80. The first-order chi connectivity index (χ1) is 11.1. The summed E-state index contributed by atoms with van der Waals surface area (Å²) < 4.78 is 6.17. The van der Waals surface area contributed by atoms with Crippen LogP contribution in [-0.4, -0.2) is 60.8 Å². The lowest BCUT2D eigenvalue weighted by Gasteiger charge is -2.40. The topological polar surface area (TPSA) is 87.8 Å². The third-order valence-electron chi connectivity index (χ3n) is 5.21. The Balaban J connectivity index is 1.61. The number of amides is 1. The zero-order valence-corrected chi connectivity index (χ0v) is 13.9. The van der Waals surface area contributed by atoms with Crippen LogP contribution in [0.25, 0.3) is 0 Å². The van der Waals surface area contributed by atoms with E-state index in [0.29, 0.717) is 13.1 Å². The lowest BCUT2D eigenvalue weighted by atomic mass is 9.86. The summed E-state index contributed by atoms with van der Waals surface area (Å²) in [6.45, 7) is 3.38. The third kappa shape index (κ3) is 2.60. The van der Waals surface area contributed by atoms with Crippen molar-refractivity contribution in [2.75, 3.05) is 32.8 Å². The van der Waals surface area contributed by atoms with Gasteiger partial charge in [0.1, 0.15) is 5.60 Å². The van der Waals surface area contributed by atoms with Gasteiger partial charge in [-0.1, -0.05) is 0 Å². The van der Waals surface area contributed by atoms with Crippen LogP contribution in [0.5, 0.6) is 0 Å². The average molecular weight is 337 g/mol. The van der Waals surface area contributed by atoms with Crippen LogP contribution in [0.4, 0.5) is 0 Å². The summed E-state index contributed by atoms with van der Waals surface area (Å²) in [5.74, 6) is -0.0134. The molecular weight excluding hydrogens is 314 g/mol. The third-order valence-corrected chi connectivity index (χ3v) is 6.57. The lowest BCUT2D eigenvalue weighted by molar-refractivity contribution is -0.0771. The number of thiophene rings is 1. The molecule has 23 heavy (non-hydrogen) atoms. The Morgan fingerprint density at radius 3 is 2.91 bits per heavy atom. The van der Waals surface area contributed by atoms with Crippen LogP contribution in [0.2, 0.25) is 0 Å². The Morgan fingerprint density at radius 1 is 1.43 bits per heavy atom. The van der Waals surface area contributed by atoms with E-state index in [9.17, 15) is 9.90 Å². The standard InChI is InChI=1S/C16H23N3O3S/c17-11-8-19(9-12(11)20)15(21)13-7-10-1-6-22-16(14(10)23-13)2-4-18-5-3-16/h7,11-12,18,20H,1-6,8-9,17H2/t11-,12-/m1/s1. The highest BCUT2D eigenvalue weighted by atomic mass is 32.1. The quantitative estimate of drug-likeness (QED) is 0.674. The molecule has 2 atom stereocenters. The van der Waals surface area contributed by atoms with Gasteiger partial charge in [0.05, 0.1) is 17.6 Å². The number of carbonyl (C=O) groups excluding carboxylic acids is 1. The van der Waals surface area contributed by atoms with Gasteiger partial charge in [-0.05, 0) is 44.0 Å². The second kappa shape index (κ2) is 5.82. The van der Waals surface area contributed by atoms with E-state index in [0.717, 1.165) is 43.8 Å². The minimum Gasteiger partial charge on any atom is -0.390 e. The van der Waals surface area contributed by atoms with Crippen LogP contribution in [0.15, 0.2) is 6.07 Å². The molecule has 0 unspecified atom stereocenters. The van der Waals surface area contributed by atoms with E-state index in [1.165, 1.54) is 10.4 Å². The van der Waals surface area contributed by atoms with Crippen LogP contribution in [0, 0.1) is 0 Å². The molecule has 7 heteroatoms. The smallest absolute Gasteiger partial charge is 0.264 e. The maximum atomic E-state index is 12.7. The number of likely N-dealkylation sites (tertiary alicyclic amines) is 1. The van der Waals surface area contributed by atoms with Gasteiger partial charge in [0.15, 0.2) is 0 Å². The molecule has 3 aliphatic heterocycles. The van der Waals surface area contributed by atoms with Crippen molar-refractivity contribution in [1.82, 2.24) is 10.2 Å². The van der Waals surface area contributed by atoms with Crippen molar-refractivity contribution < 1.29 is 14.6 Å². The van der Waals surface area contributed by atoms with E-state index < -0.39 is 6.10 Å². The van der Waals surface area contributed by atoms with Crippen LogP contribution in [0.3, 0.4) is 0 Å². The molecule has 2 fully saturated rings. The van der Waals surface area contributed by atoms with Gasteiger partial charge in [-0.15, -0.1) is 11.3 Å². The monoisotopic (exact) mass is 337 g/mol. The van der Waals surface area contributed by atoms with E-state index in [1.807, 2.05) is 6.07 Å². The molecule has 1 aromatic rings. The Hall–Kier alpha value is -0.990. The first kappa shape index (κ1) is 15.5. The molecule has 1 amide bonds. The molecular formula is C16H23N3O3S. The summed E-state index contributed by atoms with van der Waals surface area (Å²) in [6.07, 6.45) is 2.17. The van der Waals surface area contributed by atoms with E-state index in [1.54, 1.807) is 16.2 Å². The first-order valence-corrected chi connectivity index (χ1v) is 9.11. The molecule has 6 nitrogen and oxygen atoms in total. The van der Waals surface area contributed by atoms with Crippen LogP contribution in [0.1, 0.15) is 33.0 Å². The Morgan fingerprint density at radius 2 is 2.22 bits per heavy atom. The summed E-state index contributed by atoms with van der Waals surface area (Å²) >= 11 is 1.57. The number of nitrogens with one attached hydrogen (secondary N) is 1. The fourth-order valence-corrected chi connectivity index (χ4v) is 5.24. The molecule has 3 aliphatic rings. The van der Waals surface area contributed by atoms with Crippen molar-refractivity contribution >= 4 is 17.2 Å². The zero-order chi connectivity index (χ0) is 16.0. The Bertz CT molecular complexity index is 602. The van der Waals surface area contributed by atoms with E-state index in [2.05, 4.69) is 5.32 Å². The fraction of sp³-hybridized carbons (Fsp3) is 0.688. The minimum atomic E-state index is -0.618. The predicted octanol–water partition coefficient (Wildman–Crippen LogP) is 0.0435. The normalized spacial score (nSPS) is 29.7. The molecule has 4 heterocycles. The van der Waals surface area contributed by atoms with Crippen molar-refractivity contribution in [3.63, 3.8) is 0 Å². The van der Waals surface area contributed by atoms with E-state index >= 15 is 0 Å². The largest absolute Gasteiger partial charge is 0.390 e. The van der Waals surface area contributed by atoms with Crippen molar-refractivity contribution in [2.24, 2.45) is 5.73 Å². The molecule has 1 spiro atoms. The molecule has 4 N–H and O–H groups in total. The van der Waals surface area contributed by atoms with Gasteiger partial charge in [-0.2, -0.15) is 0 Å². The second-order valence-electron chi connectivity index (χ2n) is 6.75. The highest BCUT2D eigenvalue weighted by Gasteiger charge is 2.42. The highest BCUT2D eigenvalue weighted by molar-refractivity contribution is 7.14. The number of piperidine rings is 1. The number of aliphatic hydroxyl groups is 1. The van der Waals surface area contributed by atoms with Gasteiger partial charge >= 0.3 is 0 Å². The maximum Gasteiger partial charge on any atom is 0.264 e. The van der Waals surface area contributed by atoms with Crippen molar-refractivity contribution in [3.05, 3.63) is 21.4 Å². The lowest BCUT2D eigenvalue weighted by Crippen LogP contribution is -2.43. The molecule has 1 aromatic heterocycles. The SMILES string of the molecule is N[C@@H]1CN(C(=O)c2cc3c(s2)C2(CCNCC2)OCC3)C[C@H]1O.